The quantitative estimate of drug-likeness (QED) is 0.838. The number of benzene rings is 1. The maximum absolute atomic E-state index is 12.7. The van der Waals surface area contributed by atoms with Gasteiger partial charge in [-0.1, -0.05) is 24.3 Å². The third-order valence-electron chi connectivity index (χ3n) is 2.42. The van der Waals surface area contributed by atoms with E-state index in [1.807, 2.05) is 24.3 Å². The van der Waals surface area contributed by atoms with Crippen LogP contribution in [0.15, 0.2) is 42.6 Å². The molecule has 1 heterocycles. The van der Waals surface area contributed by atoms with Crippen LogP contribution in [0.25, 0.3) is 11.3 Å². The van der Waals surface area contributed by atoms with Gasteiger partial charge in [-0.05, 0) is 24.6 Å². The fraction of sp³-hybridized carbons (Fsp3) is 0.154. The molecule has 1 aromatic heterocycles. The Labute approximate surface area is 93.4 Å². The zero-order valence-corrected chi connectivity index (χ0v) is 8.89. The first-order valence-corrected chi connectivity index (χ1v) is 5.07. The van der Waals surface area contributed by atoms with E-state index in [2.05, 4.69) is 4.98 Å². The average Bonchev–Trinajstić information content (AvgIpc) is 2.30. The van der Waals surface area contributed by atoms with Crippen LogP contribution < -0.4 is 0 Å². The number of hydrogen-bond acceptors (Lipinski definition) is 2. The van der Waals surface area contributed by atoms with Crippen molar-refractivity contribution in [1.29, 1.82) is 0 Å². The van der Waals surface area contributed by atoms with Gasteiger partial charge in [-0.3, -0.25) is 4.98 Å². The van der Waals surface area contributed by atoms with Gasteiger partial charge in [0.25, 0.3) is 0 Å². The first-order chi connectivity index (χ1) is 7.66. The minimum absolute atomic E-state index is 0.343. The van der Waals surface area contributed by atoms with Crippen LogP contribution in [0.3, 0.4) is 0 Å². The molecule has 2 nitrogen and oxygen atoms in total. The average molecular weight is 217 g/mol. The van der Waals surface area contributed by atoms with Gasteiger partial charge in [0.1, 0.15) is 5.82 Å². The molecule has 3 heteroatoms. The molecule has 2 aromatic rings. The maximum atomic E-state index is 12.7. The van der Waals surface area contributed by atoms with E-state index in [-0.39, 0.29) is 5.82 Å². The maximum Gasteiger partial charge on any atom is 0.141 e. The summed E-state index contributed by atoms with van der Waals surface area (Å²) < 4.78 is 12.7. The Kier molecular flexibility index (Phi) is 2.97. The highest BCUT2D eigenvalue weighted by molar-refractivity contribution is 5.59. The minimum Gasteiger partial charge on any atom is -0.389 e. The molecule has 1 atom stereocenters. The largest absolute Gasteiger partial charge is 0.389 e. The predicted molar refractivity (Wildman–Crippen MR) is 60.3 cm³/mol. The summed E-state index contributed by atoms with van der Waals surface area (Å²) in [6.07, 6.45) is 0.716. The van der Waals surface area contributed by atoms with Gasteiger partial charge in [0.2, 0.25) is 0 Å². The van der Waals surface area contributed by atoms with E-state index in [1.54, 1.807) is 13.0 Å². The number of nitrogens with zero attached hydrogens (tertiary/aromatic N) is 1. The molecular weight excluding hydrogens is 205 g/mol. The lowest BCUT2D eigenvalue weighted by molar-refractivity contribution is 0.199. The second-order valence-corrected chi connectivity index (χ2v) is 3.66. The standard InChI is InChI=1S/C13H12FNO/c1-9(16)10-2-4-11(5-3-10)13-7-6-12(14)8-15-13/h2-9,16H,1H3. The molecule has 16 heavy (non-hydrogen) atoms. The summed E-state index contributed by atoms with van der Waals surface area (Å²) in [4.78, 5) is 3.99. The fourth-order valence-corrected chi connectivity index (χ4v) is 1.48. The molecule has 82 valence electrons. The van der Waals surface area contributed by atoms with Crippen molar-refractivity contribution in [3.8, 4) is 11.3 Å². The van der Waals surface area contributed by atoms with Crippen molar-refractivity contribution in [3.63, 3.8) is 0 Å². The molecule has 0 fully saturated rings. The fourth-order valence-electron chi connectivity index (χ4n) is 1.48. The highest BCUT2D eigenvalue weighted by Gasteiger charge is 2.02. The third kappa shape index (κ3) is 2.25. The lowest BCUT2D eigenvalue weighted by Gasteiger charge is -2.05. The normalized spacial score (nSPS) is 12.4. The summed E-state index contributed by atoms with van der Waals surface area (Å²) in [5.41, 5.74) is 2.48. The van der Waals surface area contributed by atoms with Gasteiger partial charge in [-0.2, -0.15) is 0 Å². The van der Waals surface area contributed by atoms with E-state index < -0.39 is 6.10 Å². The number of hydrogen-bond donors (Lipinski definition) is 1. The van der Waals surface area contributed by atoms with Gasteiger partial charge in [0.05, 0.1) is 18.0 Å². The topological polar surface area (TPSA) is 33.1 Å². The van der Waals surface area contributed by atoms with Crippen molar-refractivity contribution in [2.45, 2.75) is 13.0 Å². The van der Waals surface area contributed by atoms with Gasteiger partial charge in [-0.25, -0.2) is 4.39 Å². The van der Waals surface area contributed by atoms with Gasteiger partial charge in [0, 0.05) is 5.56 Å². The van der Waals surface area contributed by atoms with Crippen molar-refractivity contribution < 1.29 is 9.50 Å². The SMILES string of the molecule is CC(O)c1ccc(-c2ccc(F)cn2)cc1. The first kappa shape index (κ1) is 10.8. The zero-order valence-electron chi connectivity index (χ0n) is 8.89. The van der Waals surface area contributed by atoms with Crippen LogP contribution in [0.4, 0.5) is 4.39 Å². The molecule has 0 saturated heterocycles. The highest BCUT2D eigenvalue weighted by Crippen LogP contribution is 2.20. The smallest absolute Gasteiger partial charge is 0.141 e. The van der Waals surface area contributed by atoms with E-state index in [0.717, 1.165) is 16.8 Å². The van der Waals surface area contributed by atoms with E-state index in [9.17, 15) is 9.50 Å². The summed E-state index contributed by atoms with van der Waals surface area (Å²) >= 11 is 0. The minimum atomic E-state index is -0.477. The summed E-state index contributed by atoms with van der Waals surface area (Å²) in [7, 11) is 0. The van der Waals surface area contributed by atoms with Crippen LogP contribution in [0.1, 0.15) is 18.6 Å². The van der Waals surface area contributed by atoms with Crippen molar-refractivity contribution >= 4 is 0 Å². The Balaban J connectivity index is 2.31. The molecular formula is C13H12FNO. The molecule has 0 bridgehead atoms. The Morgan fingerprint density at radius 2 is 1.81 bits per heavy atom. The first-order valence-electron chi connectivity index (χ1n) is 5.07. The van der Waals surface area contributed by atoms with Gasteiger partial charge in [0.15, 0.2) is 0 Å². The van der Waals surface area contributed by atoms with Crippen LogP contribution in [-0.4, -0.2) is 10.1 Å². The third-order valence-corrected chi connectivity index (χ3v) is 2.42. The number of aliphatic hydroxyl groups is 1. The number of pyridine rings is 1. The predicted octanol–water partition coefficient (Wildman–Crippen LogP) is 2.94. The molecule has 0 aliphatic heterocycles. The van der Waals surface area contributed by atoms with Gasteiger partial charge in [-0.15, -0.1) is 0 Å². The molecule has 1 aromatic carbocycles. The van der Waals surface area contributed by atoms with E-state index in [1.165, 1.54) is 12.3 Å². The second kappa shape index (κ2) is 4.41. The molecule has 0 amide bonds. The van der Waals surface area contributed by atoms with Crippen LogP contribution >= 0.6 is 0 Å². The summed E-state index contributed by atoms with van der Waals surface area (Å²) in [6, 6.07) is 10.4. The monoisotopic (exact) mass is 217 g/mol. The molecule has 1 N–H and O–H groups in total. The van der Waals surface area contributed by atoms with Crippen LogP contribution in [0.2, 0.25) is 0 Å². The van der Waals surface area contributed by atoms with Gasteiger partial charge >= 0.3 is 0 Å². The van der Waals surface area contributed by atoms with Crippen molar-refractivity contribution in [3.05, 3.63) is 54.0 Å². The summed E-state index contributed by atoms with van der Waals surface area (Å²) in [6.45, 7) is 1.71. The van der Waals surface area contributed by atoms with Crippen molar-refractivity contribution in [2.24, 2.45) is 0 Å². The van der Waals surface area contributed by atoms with Crippen molar-refractivity contribution in [1.82, 2.24) is 4.98 Å². The molecule has 0 aliphatic rings. The number of halogens is 1. The molecule has 0 saturated carbocycles. The van der Waals surface area contributed by atoms with Crippen LogP contribution in [0, 0.1) is 5.82 Å². The summed E-state index contributed by atoms with van der Waals surface area (Å²) in [5, 5.41) is 9.36. The molecule has 0 spiro atoms. The Bertz CT molecular complexity index is 462. The molecule has 2 rings (SSSR count). The number of rotatable bonds is 2. The Morgan fingerprint density at radius 3 is 2.31 bits per heavy atom. The lowest BCUT2D eigenvalue weighted by atomic mass is 10.1. The number of aromatic nitrogens is 1. The van der Waals surface area contributed by atoms with Crippen LogP contribution in [-0.2, 0) is 0 Å². The lowest BCUT2D eigenvalue weighted by Crippen LogP contribution is -1.91. The second-order valence-electron chi connectivity index (χ2n) is 3.66. The van der Waals surface area contributed by atoms with Crippen molar-refractivity contribution in [2.75, 3.05) is 0 Å². The summed E-state index contributed by atoms with van der Waals surface area (Å²) in [5.74, 6) is -0.343. The number of aliphatic hydroxyl groups excluding tert-OH is 1. The van der Waals surface area contributed by atoms with E-state index in [0.29, 0.717) is 0 Å². The van der Waals surface area contributed by atoms with E-state index in [4.69, 9.17) is 0 Å². The molecule has 0 radical (unpaired) electrons. The van der Waals surface area contributed by atoms with Crippen LogP contribution in [0.5, 0.6) is 0 Å². The Hall–Kier alpha value is -1.74. The van der Waals surface area contributed by atoms with Gasteiger partial charge < -0.3 is 5.11 Å². The Morgan fingerprint density at radius 1 is 1.12 bits per heavy atom. The highest BCUT2D eigenvalue weighted by atomic mass is 19.1. The molecule has 0 aliphatic carbocycles. The zero-order chi connectivity index (χ0) is 11.5. The molecule has 1 unspecified atom stereocenters. The van der Waals surface area contributed by atoms with E-state index >= 15 is 0 Å².